The molecule has 0 amide bonds. The molecule has 0 saturated carbocycles. The van der Waals surface area contributed by atoms with Gasteiger partial charge in [-0.1, -0.05) is 24.6 Å². The third-order valence-electron chi connectivity index (χ3n) is 1.42. The van der Waals surface area contributed by atoms with E-state index < -0.39 is 0 Å². The first-order valence-electron chi connectivity index (χ1n) is 4.39. The van der Waals surface area contributed by atoms with E-state index in [2.05, 4.69) is 32.3 Å². The first-order chi connectivity index (χ1) is 5.56. The van der Waals surface area contributed by atoms with Crippen molar-refractivity contribution in [1.29, 1.82) is 0 Å². The summed E-state index contributed by atoms with van der Waals surface area (Å²) in [5.74, 6) is 0. The lowest BCUT2D eigenvalue weighted by molar-refractivity contribution is 1.15. The Morgan fingerprint density at radius 1 is 1.33 bits per heavy atom. The Labute approximate surface area is 75.9 Å². The van der Waals surface area contributed by atoms with E-state index in [1.165, 1.54) is 16.9 Å². The van der Waals surface area contributed by atoms with Crippen LogP contribution in [0.3, 0.4) is 0 Å². The monoisotopic (exact) mass is 165 g/mol. The van der Waals surface area contributed by atoms with Gasteiger partial charge in [0.25, 0.3) is 0 Å². The number of allylic oxidation sites excluding steroid dienone is 2. The molecule has 0 unspecified atom stereocenters. The zero-order valence-electron chi connectivity index (χ0n) is 8.65. The molecule has 0 aliphatic rings. The predicted octanol–water partition coefficient (Wildman–Crippen LogP) is 3.73. The first-order valence-corrected chi connectivity index (χ1v) is 4.39. The smallest absolute Gasteiger partial charge is 0.0253 e. The Morgan fingerprint density at radius 2 is 1.92 bits per heavy atom. The molecule has 0 N–H and O–H groups in total. The van der Waals surface area contributed by atoms with Gasteiger partial charge in [-0.25, -0.2) is 0 Å². The van der Waals surface area contributed by atoms with Crippen LogP contribution < -0.4 is 0 Å². The quantitative estimate of drug-likeness (QED) is 0.444. The highest BCUT2D eigenvalue weighted by molar-refractivity contribution is 5.86. The Kier molecular flexibility index (Phi) is 5.35. The second-order valence-corrected chi connectivity index (χ2v) is 3.39. The predicted molar refractivity (Wildman–Crippen MR) is 56.6 cm³/mol. The van der Waals surface area contributed by atoms with Crippen LogP contribution in [0.4, 0.5) is 0 Å². The molecule has 0 aromatic heterocycles. The molecule has 12 heavy (non-hydrogen) atoms. The average Bonchev–Trinajstić information content (AvgIpc) is 1.97. The van der Waals surface area contributed by atoms with Gasteiger partial charge in [-0.2, -0.15) is 0 Å². The molecule has 68 valence electrons. The van der Waals surface area contributed by atoms with Crippen LogP contribution in [0.15, 0.2) is 28.9 Å². The minimum absolute atomic E-state index is 0.931. The Morgan fingerprint density at radius 3 is 2.25 bits per heavy atom. The van der Waals surface area contributed by atoms with Crippen molar-refractivity contribution in [2.75, 3.05) is 0 Å². The van der Waals surface area contributed by atoms with Crippen molar-refractivity contribution in [2.24, 2.45) is 4.99 Å². The standard InChI is InChI=1S/C11H19N/c1-6-11(7-9(2)3)12-8-10(4)5/h8H,2,6-7H2,1,3-5H3/b12-11-. The maximum Gasteiger partial charge on any atom is 0.0253 e. The zero-order valence-corrected chi connectivity index (χ0v) is 8.65. The number of hydrogen-bond acceptors (Lipinski definition) is 1. The molecule has 0 atom stereocenters. The van der Waals surface area contributed by atoms with Crippen LogP contribution in [0.25, 0.3) is 0 Å². The van der Waals surface area contributed by atoms with E-state index in [0.717, 1.165) is 12.8 Å². The number of aliphatic imine (C=N–C) groups is 1. The minimum atomic E-state index is 0.931. The molecule has 0 aliphatic carbocycles. The van der Waals surface area contributed by atoms with Crippen LogP contribution in [-0.2, 0) is 0 Å². The highest BCUT2D eigenvalue weighted by Crippen LogP contribution is 2.03. The summed E-state index contributed by atoms with van der Waals surface area (Å²) in [5.41, 5.74) is 3.63. The molecule has 0 heterocycles. The Bertz CT molecular complexity index is 205. The molecule has 0 aliphatic heterocycles. The van der Waals surface area contributed by atoms with Crippen molar-refractivity contribution < 1.29 is 0 Å². The molecule has 0 aromatic carbocycles. The lowest BCUT2D eigenvalue weighted by Gasteiger charge is -2.00. The van der Waals surface area contributed by atoms with E-state index in [1.807, 2.05) is 13.1 Å². The van der Waals surface area contributed by atoms with E-state index >= 15 is 0 Å². The molecular weight excluding hydrogens is 146 g/mol. The van der Waals surface area contributed by atoms with Gasteiger partial charge in [0.15, 0.2) is 0 Å². The summed E-state index contributed by atoms with van der Waals surface area (Å²) in [6.07, 6.45) is 3.86. The van der Waals surface area contributed by atoms with Crippen LogP contribution >= 0.6 is 0 Å². The fourth-order valence-electron chi connectivity index (χ4n) is 0.831. The van der Waals surface area contributed by atoms with Crippen LogP contribution in [-0.4, -0.2) is 5.71 Å². The largest absolute Gasteiger partial charge is 0.265 e. The fourth-order valence-corrected chi connectivity index (χ4v) is 0.831. The highest BCUT2D eigenvalue weighted by atomic mass is 14.7. The van der Waals surface area contributed by atoms with E-state index in [-0.39, 0.29) is 0 Å². The topological polar surface area (TPSA) is 12.4 Å². The second kappa shape index (κ2) is 5.76. The molecule has 0 spiro atoms. The normalized spacial score (nSPS) is 11.2. The molecule has 0 bridgehead atoms. The minimum Gasteiger partial charge on any atom is -0.265 e. The third kappa shape index (κ3) is 5.90. The summed E-state index contributed by atoms with van der Waals surface area (Å²) in [7, 11) is 0. The lowest BCUT2D eigenvalue weighted by atomic mass is 10.1. The van der Waals surface area contributed by atoms with Crippen LogP contribution in [0.1, 0.15) is 40.5 Å². The SMILES string of the molecule is C=C(C)C/C(CC)=N\C=C(C)C. The van der Waals surface area contributed by atoms with Gasteiger partial charge in [0.05, 0.1) is 0 Å². The summed E-state index contributed by atoms with van der Waals surface area (Å²) in [6, 6.07) is 0. The molecule has 0 rings (SSSR count). The summed E-state index contributed by atoms with van der Waals surface area (Å²) in [4.78, 5) is 4.38. The highest BCUT2D eigenvalue weighted by Gasteiger charge is 1.94. The van der Waals surface area contributed by atoms with Gasteiger partial charge in [0, 0.05) is 18.3 Å². The van der Waals surface area contributed by atoms with Gasteiger partial charge in [-0.15, -0.1) is 0 Å². The van der Waals surface area contributed by atoms with Gasteiger partial charge in [-0.05, 0) is 27.2 Å². The van der Waals surface area contributed by atoms with Crippen LogP contribution in [0.5, 0.6) is 0 Å². The molecule has 0 aromatic rings. The lowest BCUT2D eigenvalue weighted by Crippen LogP contribution is -1.95. The third-order valence-corrected chi connectivity index (χ3v) is 1.42. The van der Waals surface area contributed by atoms with Gasteiger partial charge < -0.3 is 0 Å². The maximum absolute atomic E-state index is 4.38. The number of rotatable bonds is 4. The average molecular weight is 165 g/mol. The van der Waals surface area contributed by atoms with Crippen molar-refractivity contribution in [3.63, 3.8) is 0 Å². The van der Waals surface area contributed by atoms with Crippen molar-refractivity contribution in [3.8, 4) is 0 Å². The van der Waals surface area contributed by atoms with Gasteiger partial charge >= 0.3 is 0 Å². The zero-order chi connectivity index (χ0) is 9.56. The summed E-state index contributed by atoms with van der Waals surface area (Å²) >= 11 is 0. The summed E-state index contributed by atoms with van der Waals surface area (Å²) in [5, 5.41) is 0. The van der Waals surface area contributed by atoms with Crippen molar-refractivity contribution in [2.45, 2.75) is 40.5 Å². The van der Waals surface area contributed by atoms with E-state index in [1.54, 1.807) is 0 Å². The van der Waals surface area contributed by atoms with E-state index in [9.17, 15) is 0 Å². The van der Waals surface area contributed by atoms with Crippen molar-refractivity contribution >= 4 is 5.71 Å². The molecule has 1 heteroatoms. The maximum atomic E-state index is 4.38. The summed E-state index contributed by atoms with van der Waals surface area (Å²) < 4.78 is 0. The van der Waals surface area contributed by atoms with Gasteiger partial charge in [0.2, 0.25) is 0 Å². The molecular formula is C11H19N. The van der Waals surface area contributed by atoms with Crippen molar-refractivity contribution in [3.05, 3.63) is 23.9 Å². The molecule has 0 saturated heterocycles. The Balaban J connectivity index is 4.23. The second-order valence-electron chi connectivity index (χ2n) is 3.39. The fraction of sp³-hybridized carbons (Fsp3) is 0.545. The van der Waals surface area contributed by atoms with Crippen LogP contribution in [0, 0.1) is 0 Å². The van der Waals surface area contributed by atoms with Gasteiger partial charge in [0.1, 0.15) is 0 Å². The summed E-state index contributed by atoms with van der Waals surface area (Å²) in [6.45, 7) is 12.1. The van der Waals surface area contributed by atoms with Crippen molar-refractivity contribution in [1.82, 2.24) is 0 Å². The van der Waals surface area contributed by atoms with E-state index in [0.29, 0.717) is 0 Å². The molecule has 1 nitrogen and oxygen atoms in total. The molecule has 0 fully saturated rings. The molecule has 0 radical (unpaired) electrons. The number of hydrogen-bond donors (Lipinski definition) is 0. The van der Waals surface area contributed by atoms with Crippen LogP contribution in [0.2, 0.25) is 0 Å². The van der Waals surface area contributed by atoms with E-state index in [4.69, 9.17) is 0 Å². The number of nitrogens with zero attached hydrogens (tertiary/aromatic N) is 1. The van der Waals surface area contributed by atoms with Gasteiger partial charge in [-0.3, -0.25) is 4.99 Å². The Hall–Kier alpha value is -0.850. The first kappa shape index (κ1) is 11.2.